The van der Waals surface area contributed by atoms with Crippen molar-refractivity contribution in [1.82, 2.24) is 10.2 Å². The van der Waals surface area contributed by atoms with Crippen molar-refractivity contribution in [1.29, 1.82) is 0 Å². The fourth-order valence-corrected chi connectivity index (χ4v) is 3.66. The van der Waals surface area contributed by atoms with Crippen molar-refractivity contribution in [2.24, 2.45) is 0 Å². The van der Waals surface area contributed by atoms with Crippen molar-refractivity contribution in [3.8, 4) is 0 Å². The highest BCUT2D eigenvalue weighted by Gasteiger charge is 2.51. The van der Waals surface area contributed by atoms with Gasteiger partial charge in [-0.1, -0.05) is 25.1 Å². The van der Waals surface area contributed by atoms with Crippen molar-refractivity contribution < 1.29 is 23.6 Å². The SMILES string of the molecule is CCCC(=O)Nc1ccc(C(=O)CN2C(=O)NC(C)(c3cc4ccccc4o3)C2=O)cc1. The molecule has 3 aromatic rings. The molecule has 1 unspecified atom stereocenters. The van der Waals surface area contributed by atoms with Gasteiger partial charge >= 0.3 is 6.03 Å². The van der Waals surface area contributed by atoms with Gasteiger partial charge < -0.3 is 15.1 Å². The van der Waals surface area contributed by atoms with E-state index in [9.17, 15) is 19.2 Å². The number of furan rings is 1. The van der Waals surface area contributed by atoms with Gasteiger partial charge in [0.15, 0.2) is 11.3 Å². The van der Waals surface area contributed by atoms with E-state index in [0.29, 0.717) is 29.0 Å². The van der Waals surface area contributed by atoms with E-state index in [2.05, 4.69) is 10.6 Å². The standard InChI is InChI=1S/C24H23N3O5/c1-3-6-21(29)25-17-11-9-15(10-12-17)18(28)14-27-22(30)24(2,26-23(27)31)20-13-16-7-4-5-8-19(16)32-20/h4-5,7-13H,3,6,14H2,1-2H3,(H,25,29)(H,26,31). The van der Waals surface area contributed by atoms with E-state index >= 15 is 0 Å². The van der Waals surface area contributed by atoms with Crippen LogP contribution in [0.25, 0.3) is 11.0 Å². The monoisotopic (exact) mass is 433 g/mol. The summed E-state index contributed by atoms with van der Waals surface area (Å²) in [6, 6.07) is 14.7. The highest BCUT2D eigenvalue weighted by Crippen LogP contribution is 2.33. The summed E-state index contributed by atoms with van der Waals surface area (Å²) in [5.74, 6) is -0.748. The molecular formula is C24H23N3O5. The minimum absolute atomic E-state index is 0.101. The van der Waals surface area contributed by atoms with Gasteiger partial charge in [0.2, 0.25) is 5.91 Å². The normalized spacial score (nSPS) is 18.1. The number of carbonyl (C=O) groups excluding carboxylic acids is 4. The number of hydrogen-bond donors (Lipinski definition) is 2. The molecule has 0 aliphatic carbocycles. The second-order valence-corrected chi connectivity index (χ2v) is 7.89. The number of fused-ring (bicyclic) bond motifs is 1. The summed E-state index contributed by atoms with van der Waals surface area (Å²) in [4.78, 5) is 51.0. The third-order valence-electron chi connectivity index (χ3n) is 5.46. The molecule has 1 fully saturated rings. The maximum Gasteiger partial charge on any atom is 0.325 e. The largest absolute Gasteiger partial charge is 0.458 e. The zero-order valence-corrected chi connectivity index (χ0v) is 17.8. The van der Waals surface area contributed by atoms with Gasteiger partial charge in [0.05, 0.1) is 6.54 Å². The van der Waals surface area contributed by atoms with Gasteiger partial charge in [-0.25, -0.2) is 4.79 Å². The summed E-state index contributed by atoms with van der Waals surface area (Å²) in [7, 11) is 0. The molecule has 1 aliphatic heterocycles. The number of nitrogens with one attached hydrogen (secondary N) is 2. The van der Waals surface area contributed by atoms with Crippen LogP contribution in [0.15, 0.2) is 59.0 Å². The van der Waals surface area contributed by atoms with E-state index in [4.69, 9.17) is 4.42 Å². The number of para-hydroxylation sites is 1. The Bertz CT molecular complexity index is 1180. The average molecular weight is 433 g/mol. The molecule has 4 amide bonds. The van der Waals surface area contributed by atoms with Gasteiger partial charge in [-0.15, -0.1) is 0 Å². The van der Waals surface area contributed by atoms with E-state index in [1.807, 2.05) is 25.1 Å². The van der Waals surface area contributed by atoms with Crippen molar-refractivity contribution in [3.05, 3.63) is 65.9 Å². The van der Waals surface area contributed by atoms with Gasteiger partial charge in [-0.05, 0) is 49.7 Å². The topological polar surface area (TPSA) is 109 Å². The Morgan fingerprint density at radius 3 is 2.50 bits per heavy atom. The Kier molecular flexibility index (Phi) is 5.52. The zero-order valence-electron chi connectivity index (χ0n) is 17.8. The summed E-state index contributed by atoms with van der Waals surface area (Å²) in [6.07, 6.45) is 1.15. The third-order valence-corrected chi connectivity index (χ3v) is 5.46. The zero-order chi connectivity index (χ0) is 22.9. The number of anilines is 1. The molecule has 8 heteroatoms. The predicted molar refractivity (Wildman–Crippen MR) is 118 cm³/mol. The van der Waals surface area contributed by atoms with E-state index < -0.39 is 29.8 Å². The first kappa shape index (κ1) is 21.3. The molecule has 2 N–H and O–H groups in total. The molecule has 1 saturated heterocycles. The first-order chi connectivity index (χ1) is 15.3. The number of carbonyl (C=O) groups is 4. The molecule has 164 valence electrons. The first-order valence-corrected chi connectivity index (χ1v) is 10.4. The molecule has 4 rings (SSSR count). The number of rotatable bonds is 7. The Morgan fingerprint density at radius 2 is 1.81 bits per heavy atom. The lowest BCUT2D eigenvalue weighted by atomic mass is 9.98. The van der Waals surface area contributed by atoms with E-state index in [0.717, 1.165) is 16.7 Å². The number of hydrogen-bond acceptors (Lipinski definition) is 5. The number of nitrogens with zero attached hydrogens (tertiary/aromatic N) is 1. The quantitative estimate of drug-likeness (QED) is 0.435. The molecule has 8 nitrogen and oxygen atoms in total. The van der Waals surface area contributed by atoms with Crippen LogP contribution >= 0.6 is 0 Å². The van der Waals surface area contributed by atoms with Crippen LogP contribution < -0.4 is 10.6 Å². The summed E-state index contributed by atoms with van der Waals surface area (Å²) >= 11 is 0. The van der Waals surface area contributed by atoms with Gasteiger partial charge in [0.25, 0.3) is 5.91 Å². The van der Waals surface area contributed by atoms with Gasteiger partial charge in [0.1, 0.15) is 11.3 Å². The molecule has 2 aromatic carbocycles. The summed E-state index contributed by atoms with van der Waals surface area (Å²) in [5, 5.41) is 6.21. The fraction of sp³-hybridized carbons (Fsp3) is 0.250. The van der Waals surface area contributed by atoms with E-state index in [-0.39, 0.29) is 5.91 Å². The number of benzene rings is 2. The van der Waals surface area contributed by atoms with E-state index in [1.54, 1.807) is 43.3 Å². The molecule has 0 radical (unpaired) electrons. The third kappa shape index (κ3) is 3.87. The molecule has 0 bridgehead atoms. The van der Waals surface area contributed by atoms with Crippen LogP contribution in [0.3, 0.4) is 0 Å². The molecule has 1 aliphatic rings. The Morgan fingerprint density at radius 1 is 1.09 bits per heavy atom. The lowest BCUT2D eigenvalue weighted by Gasteiger charge is -2.18. The molecular weight excluding hydrogens is 410 g/mol. The van der Waals surface area contributed by atoms with Crippen LogP contribution in [0.2, 0.25) is 0 Å². The lowest BCUT2D eigenvalue weighted by molar-refractivity contribution is -0.131. The Hall–Kier alpha value is -3.94. The highest BCUT2D eigenvalue weighted by atomic mass is 16.3. The minimum atomic E-state index is -1.40. The van der Waals surface area contributed by atoms with Crippen LogP contribution in [-0.2, 0) is 15.1 Å². The summed E-state index contributed by atoms with van der Waals surface area (Å²) < 4.78 is 5.79. The average Bonchev–Trinajstić information content (AvgIpc) is 3.30. The number of ketones is 1. The van der Waals surface area contributed by atoms with Crippen LogP contribution in [-0.4, -0.2) is 35.1 Å². The molecule has 1 atom stereocenters. The second kappa shape index (κ2) is 8.30. The van der Waals surface area contributed by atoms with Crippen molar-refractivity contribution in [2.45, 2.75) is 32.2 Å². The lowest BCUT2D eigenvalue weighted by Crippen LogP contribution is -2.41. The number of urea groups is 1. The van der Waals surface area contributed by atoms with Crippen molar-refractivity contribution in [3.63, 3.8) is 0 Å². The second-order valence-electron chi connectivity index (χ2n) is 7.89. The van der Waals surface area contributed by atoms with Gasteiger partial charge in [0, 0.05) is 23.1 Å². The number of amides is 4. The fourth-order valence-electron chi connectivity index (χ4n) is 3.66. The smallest absolute Gasteiger partial charge is 0.325 e. The highest BCUT2D eigenvalue weighted by molar-refractivity contribution is 6.11. The van der Waals surface area contributed by atoms with Crippen LogP contribution in [0.1, 0.15) is 42.8 Å². The molecule has 0 saturated carbocycles. The molecule has 0 spiro atoms. The Labute approximate surface area is 184 Å². The number of Topliss-reactive ketones (excluding diaryl/α,β-unsaturated/α-hetero) is 1. The Balaban J connectivity index is 1.48. The van der Waals surface area contributed by atoms with Crippen molar-refractivity contribution in [2.75, 3.05) is 11.9 Å². The van der Waals surface area contributed by atoms with E-state index in [1.165, 1.54) is 0 Å². The minimum Gasteiger partial charge on any atom is -0.458 e. The summed E-state index contributed by atoms with van der Waals surface area (Å²) in [5.41, 5.74) is 0.111. The van der Waals surface area contributed by atoms with Crippen LogP contribution in [0.4, 0.5) is 10.5 Å². The maximum atomic E-state index is 13.1. The molecule has 2 heterocycles. The van der Waals surface area contributed by atoms with Crippen molar-refractivity contribution >= 4 is 40.3 Å². The van der Waals surface area contributed by atoms with Crippen LogP contribution in [0, 0.1) is 0 Å². The van der Waals surface area contributed by atoms with Gasteiger partial charge in [-0.2, -0.15) is 0 Å². The summed E-state index contributed by atoms with van der Waals surface area (Å²) in [6.45, 7) is 3.07. The first-order valence-electron chi connectivity index (χ1n) is 10.4. The molecule has 32 heavy (non-hydrogen) atoms. The van der Waals surface area contributed by atoms with Gasteiger partial charge in [-0.3, -0.25) is 19.3 Å². The maximum absolute atomic E-state index is 13.1. The molecule has 1 aromatic heterocycles. The predicted octanol–water partition coefficient (Wildman–Crippen LogP) is 3.82. The number of imide groups is 1. The van der Waals surface area contributed by atoms with Crippen LogP contribution in [0.5, 0.6) is 0 Å².